The summed E-state index contributed by atoms with van der Waals surface area (Å²) >= 11 is 0. The Balaban J connectivity index is 2.88. The van der Waals surface area contributed by atoms with Crippen LogP contribution >= 0.6 is 0 Å². The predicted octanol–water partition coefficient (Wildman–Crippen LogP) is 1.22. The van der Waals surface area contributed by atoms with Gasteiger partial charge in [-0.1, -0.05) is 11.6 Å². The quantitative estimate of drug-likeness (QED) is 0.785. The van der Waals surface area contributed by atoms with E-state index in [-0.39, 0.29) is 13.0 Å². The van der Waals surface area contributed by atoms with E-state index in [4.69, 9.17) is 14.6 Å². The summed E-state index contributed by atoms with van der Waals surface area (Å²) in [5.41, 5.74) is 1.20. The predicted molar refractivity (Wildman–Crippen MR) is 73.1 cm³/mol. The number of hydrogen-bond donors (Lipinski definition) is 2. The second-order valence-electron chi connectivity index (χ2n) is 4.35. The van der Waals surface area contributed by atoms with E-state index in [2.05, 4.69) is 5.32 Å². The summed E-state index contributed by atoms with van der Waals surface area (Å²) in [4.78, 5) is 23.3. The summed E-state index contributed by atoms with van der Waals surface area (Å²) in [6, 6.07) is 4.15. The van der Waals surface area contributed by atoms with Crippen LogP contribution in [0.5, 0.6) is 5.75 Å². The first-order chi connectivity index (χ1) is 9.49. The van der Waals surface area contributed by atoms with Gasteiger partial charge in [0.25, 0.3) is 5.91 Å². The molecule has 1 aromatic carbocycles. The van der Waals surface area contributed by atoms with E-state index in [0.29, 0.717) is 11.3 Å². The lowest BCUT2D eigenvalue weighted by Gasteiger charge is -2.15. The monoisotopic (exact) mass is 281 g/mol. The van der Waals surface area contributed by atoms with Crippen LogP contribution in [0.3, 0.4) is 0 Å². The molecular weight excluding hydrogens is 262 g/mol. The lowest BCUT2D eigenvalue weighted by atomic mass is 10.1. The molecule has 0 aromatic heterocycles. The molecule has 1 aromatic rings. The maximum Gasteiger partial charge on any atom is 0.326 e. The van der Waals surface area contributed by atoms with Gasteiger partial charge in [0.05, 0.1) is 12.7 Å². The van der Waals surface area contributed by atoms with Gasteiger partial charge in [0.2, 0.25) is 0 Å². The molecule has 0 spiro atoms. The van der Waals surface area contributed by atoms with Gasteiger partial charge in [-0.15, -0.1) is 0 Å². The molecule has 2 N–H and O–H groups in total. The molecule has 0 aliphatic rings. The van der Waals surface area contributed by atoms with Crippen LogP contribution in [0, 0.1) is 6.92 Å². The van der Waals surface area contributed by atoms with Crippen molar-refractivity contribution in [3.8, 4) is 5.75 Å². The Hall–Kier alpha value is -2.08. The average molecular weight is 281 g/mol. The number of carboxylic acid groups (broad SMARTS) is 1. The molecule has 0 aliphatic carbocycles. The van der Waals surface area contributed by atoms with Gasteiger partial charge >= 0.3 is 5.97 Å². The minimum absolute atomic E-state index is 0.200. The van der Waals surface area contributed by atoms with Gasteiger partial charge in [0.15, 0.2) is 0 Å². The smallest absolute Gasteiger partial charge is 0.326 e. The normalized spacial score (nSPS) is 11.8. The maximum atomic E-state index is 12.2. The fourth-order valence-corrected chi connectivity index (χ4v) is 1.73. The van der Waals surface area contributed by atoms with E-state index in [1.54, 1.807) is 12.1 Å². The second-order valence-corrected chi connectivity index (χ2v) is 4.35. The molecule has 0 fully saturated rings. The Labute approximate surface area is 117 Å². The largest absolute Gasteiger partial charge is 0.496 e. The summed E-state index contributed by atoms with van der Waals surface area (Å²) in [5.74, 6) is -1.17. The van der Waals surface area contributed by atoms with Crippen molar-refractivity contribution in [1.29, 1.82) is 0 Å². The first-order valence-electron chi connectivity index (χ1n) is 6.16. The van der Waals surface area contributed by atoms with E-state index in [0.717, 1.165) is 5.56 Å². The summed E-state index contributed by atoms with van der Waals surface area (Å²) < 4.78 is 9.95. The number of carbonyl (C=O) groups excluding carboxylic acids is 1. The molecule has 0 saturated heterocycles. The van der Waals surface area contributed by atoms with Gasteiger partial charge in [0, 0.05) is 20.1 Å². The zero-order chi connectivity index (χ0) is 15.1. The molecular formula is C14H19NO5. The third-order valence-electron chi connectivity index (χ3n) is 2.81. The Kier molecular flexibility index (Phi) is 5.99. The van der Waals surface area contributed by atoms with Crippen LogP contribution in [0.2, 0.25) is 0 Å². The number of ether oxygens (including phenoxy) is 2. The number of aliphatic carboxylic acids is 1. The average Bonchev–Trinajstić information content (AvgIpc) is 2.42. The van der Waals surface area contributed by atoms with Crippen LogP contribution in [-0.4, -0.2) is 43.9 Å². The molecule has 6 heteroatoms. The van der Waals surface area contributed by atoms with Crippen molar-refractivity contribution in [2.75, 3.05) is 20.8 Å². The Bertz CT molecular complexity index is 486. The van der Waals surface area contributed by atoms with Crippen molar-refractivity contribution in [3.63, 3.8) is 0 Å². The minimum Gasteiger partial charge on any atom is -0.496 e. The van der Waals surface area contributed by atoms with Crippen LogP contribution in [0.4, 0.5) is 0 Å². The fraction of sp³-hybridized carbons (Fsp3) is 0.429. The number of hydrogen-bond acceptors (Lipinski definition) is 4. The first-order valence-corrected chi connectivity index (χ1v) is 6.16. The van der Waals surface area contributed by atoms with E-state index in [9.17, 15) is 9.59 Å². The molecule has 20 heavy (non-hydrogen) atoms. The topological polar surface area (TPSA) is 84.9 Å². The molecule has 1 unspecified atom stereocenters. The number of amides is 1. The first kappa shape index (κ1) is 16.0. The van der Waals surface area contributed by atoms with Gasteiger partial charge in [0.1, 0.15) is 11.8 Å². The molecule has 0 saturated carbocycles. The van der Waals surface area contributed by atoms with Crippen molar-refractivity contribution in [3.05, 3.63) is 29.3 Å². The van der Waals surface area contributed by atoms with Gasteiger partial charge < -0.3 is 19.9 Å². The standard InChI is InChI=1S/C14H19NO5/c1-9-4-5-12(20-3)10(8-9)13(16)15-11(14(17)18)6-7-19-2/h4-5,8,11H,6-7H2,1-3H3,(H,15,16)(H,17,18). The molecule has 1 atom stereocenters. The third kappa shape index (κ3) is 4.24. The van der Waals surface area contributed by atoms with Gasteiger partial charge in [-0.25, -0.2) is 4.79 Å². The summed E-state index contributed by atoms with van der Waals surface area (Å²) in [5, 5.41) is 11.5. The number of benzene rings is 1. The van der Waals surface area contributed by atoms with E-state index >= 15 is 0 Å². The molecule has 0 bridgehead atoms. The molecule has 0 aliphatic heterocycles. The van der Waals surface area contributed by atoms with Crippen molar-refractivity contribution in [1.82, 2.24) is 5.32 Å². The minimum atomic E-state index is -1.10. The number of carbonyl (C=O) groups is 2. The molecule has 1 amide bonds. The molecule has 110 valence electrons. The zero-order valence-electron chi connectivity index (χ0n) is 11.8. The van der Waals surface area contributed by atoms with Gasteiger partial charge in [-0.05, 0) is 19.1 Å². The van der Waals surface area contributed by atoms with Crippen LogP contribution in [0.1, 0.15) is 22.3 Å². The van der Waals surface area contributed by atoms with E-state index in [1.807, 2.05) is 13.0 Å². The fourth-order valence-electron chi connectivity index (χ4n) is 1.73. The van der Waals surface area contributed by atoms with Crippen LogP contribution < -0.4 is 10.1 Å². The Morgan fingerprint density at radius 1 is 1.35 bits per heavy atom. The highest BCUT2D eigenvalue weighted by Gasteiger charge is 2.22. The van der Waals surface area contributed by atoms with Gasteiger partial charge in [-0.2, -0.15) is 0 Å². The highest BCUT2D eigenvalue weighted by atomic mass is 16.5. The zero-order valence-corrected chi connectivity index (χ0v) is 11.8. The Morgan fingerprint density at radius 3 is 2.60 bits per heavy atom. The molecule has 1 rings (SSSR count). The number of nitrogens with one attached hydrogen (secondary N) is 1. The van der Waals surface area contributed by atoms with Crippen molar-refractivity contribution in [2.45, 2.75) is 19.4 Å². The van der Waals surface area contributed by atoms with Crippen LogP contribution in [-0.2, 0) is 9.53 Å². The highest BCUT2D eigenvalue weighted by molar-refractivity contribution is 5.99. The van der Waals surface area contributed by atoms with Crippen molar-refractivity contribution in [2.24, 2.45) is 0 Å². The summed E-state index contributed by atoms with van der Waals surface area (Å²) in [6.07, 6.45) is 0.200. The lowest BCUT2D eigenvalue weighted by Crippen LogP contribution is -2.41. The Morgan fingerprint density at radius 2 is 2.05 bits per heavy atom. The second kappa shape index (κ2) is 7.49. The van der Waals surface area contributed by atoms with Crippen LogP contribution in [0.25, 0.3) is 0 Å². The van der Waals surface area contributed by atoms with Gasteiger partial charge in [-0.3, -0.25) is 4.79 Å². The summed E-state index contributed by atoms with van der Waals surface area (Å²) in [7, 11) is 2.94. The van der Waals surface area contributed by atoms with Crippen LogP contribution in [0.15, 0.2) is 18.2 Å². The third-order valence-corrected chi connectivity index (χ3v) is 2.81. The number of aryl methyl sites for hydroxylation is 1. The summed E-state index contributed by atoms with van der Waals surface area (Å²) in [6.45, 7) is 2.10. The number of carboxylic acids is 1. The molecule has 6 nitrogen and oxygen atoms in total. The van der Waals surface area contributed by atoms with E-state index < -0.39 is 17.9 Å². The SMILES string of the molecule is COCCC(NC(=O)c1cc(C)ccc1OC)C(=O)O. The maximum absolute atomic E-state index is 12.2. The van der Waals surface area contributed by atoms with E-state index in [1.165, 1.54) is 14.2 Å². The molecule has 0 radical (unpaired) electrons. The number of methoxy groups -OCH3 is 2. The lowest BCUT2D eigenvalue weighted by molar-refractivity contribution is -0.139. The number of rotatable bonds is 7. The van der Waals surface area contributed by atoms with Crippen molar-refractivity contribution >= 4 is 11.9 Å². The molecule has 0 heterocycles. The van der Waals surface area contributed by atoms with Crippen molar-refractivity contribution < 1.29 is 24.2 Å². The highest BCUT2D eigenvalue weighted by Crippen LogP contribution is 2.19.